The molecule has 2 aromatic rings. The first-order chi connectivity index (χ1) is 10.5. The molecule has 0 saturated carbocycles. The minimum atomic E-state index is -0.552. The quantitative estimate of drug-likeness (QED) is 0.894. The summed E-state index contributed by atoms with van der Waals surface area (Å²) in [5, 5.41) is 5.39. The maximum absolute atomic E-state index is 13.4. The van der Waals surface area contributed by atoms with Crippen LogP contribution in [0.4, 0.5) is 10.1 Å². The summed E-state index contributed by atoms with van der Waals surface area (Å²) in [4.78, 5) is 23.6. The van der Waals surface area contributed by atoms with Gasteiger partial charge in [-0.3, -0.25) is 9.59 Å². The standard InChI is InChI=1S/C15H11Cl2FN2O2/c16-10-5-9(6-11(17)7-10)15(22)19-8-14(21)20-13-4-2-1-3-12(13)18/h1-7H,8H2,(H,19,22)(H,20,21). The number of hydrogen-bond donors (Lipinski definition) is 2. The Balaban J connectivity index is 1.93. The lowest BCUT2D eigenvalue weighted by Gasteiger charge is -2.08. The number of para-hydroxylation sites is 1. The molecule has 0 spiro atoms. The van der Waals surface area contributed by atoms with E-state index in [0.29, 0.717) is 10.0 Å². The third-order valence-electron chi connectivity index (χ3n) is 2.68. The van der Waals surface area contributed by atoms with Crippen LogP contribution in [0.2, 0.25) is 10.0 Å². The van der Waals surface area contributed by atoms with Gasteiger partial charge in [0.25, 0.3) is 5.91 Å². The van der Waals surface area contributed by atoms with Crippen molar-refractivity contribution >= 4 is 40.7 Å². The zero-order valence-electron chi connectivity index (χ0n) is 11.2. The number of amides is 2. The largest absolute Gasteiger partial charge is 0.343 e. The molecule has 2 amide bonds. The second-order valence-electron chi connectivity index (χ2n) is 4.37. The van der Waals surface area contributed by atoms with E-state index in [4.69, 9.17) is 23.2 Å². The lowest BCUT2D eigenvalue weighted by molar-refractivity contribution is -0.115. The summed E-state index contributed by atoms with van der Waals surface area (Å²) in [6, 6.07) is 10.1. The molecule has 0 fully saturated rings. The molecule has 0 aliphatic heterocycles. The van der Waals surface area contributed by atoms with Gasteiger partial charge in [0, 0.05) is 15.6 Å². The minimum absolute atomic E-state index is 0.0487. The molecule has 0 heterocycles. The van der Waals surface area contributed by atoms with Crippen LogP contribution in [0.15, 0.2) is 42.5 Å². The second kappa shape index (κ2) is 7.24. The van der Waals surface area contributed by atoms with Gasteiger partial charge in [-0.25, -0.2) is 4.39 Å². The molecule has 0 aliphatic carbocycles. The number of benzene rings is 2. The van der Waals surface area contributed by atoms with E-state index in [9.17, 15) is 14.0 Å². The predicted molar refractivity (Wildman–Crippen MR) is 83.8 cm³/mol. The lowest BCUT2D eigenvalue weighted by Crippen LogP contribution is -2.33. The van der Waals surface area contributed by atoms with Gasteiger partial charge >= 0.3 is 0 Å². The SMILES string of the molecule is O=C(CNC(=O)c1cc(Cl)cc(Cl)c1)Nc1ccccc1F. The highest BCUT2D eigenvalue weighted by Gasteiger charge is 2.11. The molecule has 7 heteroatoms. The van der Waals surface area contributed by atoms with Gasteiger partial charge in [0.15, 0.2) is 0 Å². The average Bonchev–Trinajstić information content (AvgIpc) is 2.46. The smallest absolute Gasteiger partial charge is 0.251 e. The van der Waals surface area contributed by atoms with Gasteiger partial charge < -0.3 is 10.6 Å². The fourth-order valence-electron chi connectivity index (χ4n) is 1.70. The van der Waals surface area contributed by atoms with Crippen LogP contribution in [-0.2, 0) is 4.79 Å². The van der Waals surface area contributed by atoms with E-state index in [2.05, 4.69) is 10.6 Å². The number of hydrogen-bond acceptors (Lipinski definition) is 2. The van der Waals surface area contributed by atoms with E-state index in [1.165, 1.54) is 36.4 Å². The Hall–Kier alpha value is -2.11. The molecule has 0 aliphatic rings. The fourth-order valence-corrected chi connectivity index (χ4v) is 2.23. The van der Waals surface area contributed by atoms with Crippen LogP contribution >= 0.6 is 23.2 Å². The van der Waals surface area contributed by atoms with Crippen molar-refractivity contribution in [2.75, 3.05) is 11.9 Å². The Bertz CT molecular complexity index is 702. The number of nitrogens with one attached hydrogen (secondary N) is 2. The normalized spacial score (nSPS) is 10.1. The summed E-state index contributed by atoms with van der Waals surface area (Å²) in [7, 11) is 0. The first-order valence-electron chi connectivity index (χ1n) is 6.24. The maximum atomic E-state index is 13.4. The van der Waals surface area contributed by atoms with Crippen LogP contribution in [-0.4, -0.2) is 18.4 Å². The van der Waals surface area contributed by atoms with Crippen molar-refractivity contribution in [1.29, 1.82) is 0 Å². The third-order valence-corrected chi connectivity index (χ3v) is 3.12. The van der Waals surface area contributed by atoms with Crippen LogP contribution in [0.25, 0.3) is 0 Å². The molecular formula is C15H11Cl2FN2O2. The molecule has 2 aromatic carbocycles. The molecule has 22 heavy (non-hydrogen) atoms. The van der Waals surface area contributed by atoms with Gasteiger partial charge in [0.1, 0.15) is 5.82 Å². The molecule has 0 aromatic heterocycles. The molecule has 0 atom stereocenters. The van der Waals surface area contributed by atoms with E-state index < -0.39 is 17.6 Å². The molecule has 0 bridgehead atoms. The molecule has 4 nitrogen and oxygen atoms in total. The van der Waals surface area contributed by atoms with E-state index in [-0.39, 0.29) is 17.8 Å². The van der Waals surface area contributed by atoms with Gasteiger partial charge in [-0.15, -0.1) is 0 Å². The van der Waals surface area contributed by atoms with Crippen molar-refractivity contribution in [3.05, 3.63) is 63.9 Å². The van der Waals surface area contributed by atoms with Crippen molar-refractivity contribution in [2.24, 2.45) is 0 Å². The summed E-state index contributed by atoms with van der Waals surface area (Å²) < 4.78 is 13.4. The van der Waals surface area contributed by atoms with Gasteiger partial charge in [0.2, 0.25) is 5.91 Å². The highest BCUT2D eigenvalue weighted by molar-refractivity contribution is 6.35. The van der Waals surface area contributed by atoms with Crippen LogP contribution < -0.4 is 10.6 Å². The average molecular weight is 341 g/mol. The second-order valence-corrected chi connectivity index (χ2v) is 5.24. The topological polar surface area (TPSA) is 58.2 Å². The van der Waals surface area contributed by atoms with Crippen LogP contribution in [0.5, 0.6) is 0 Å². The first-order valence-corrected chi connectivity index (χ1v) is 7.00. The van der Waals surface area contributed by atoms with Gasteiger partial charge in [-0.2, -0.15) is 0 Å². The number of rotatable bonds is 4. The maximum Gasteiger partial charge on any atom is 0.251 e. The molecule has 114 valence electrons. The highest BCUT2D eigenvalue weighted by atomic mass is 35.5. The van der Waals surface area contributed by atoms with Gasteiger partial charge in [-0.05, 0) is 30.3 Å². The third kappa shape index (κ3) is 4.44. The zero-order chi connectivity index (χ0) is 16.1. The number of carbonyl (C=O) groups is 2. The zero-order valence-corrected chi connectivity index (χ0v) is 12.7. The Labute approximate surface area is 136 Å². The molecular weight excluding hydrogens is 330 g/mol. The fraction of sp³-hybridized carbons (Fsp3) is 0.0667. The van der Waals surface area contributed by atoms with Crippen LogP contribution in [0, 0.1) is 5.82 Å². The van der Waals surface area contributed by atoms with Crippen molar-refractivity contribution < 1.29 is 14.0 Å². The van der Waals surface area contributed by atoms with Crippen LogP contribution in [0.3, 0.4) is 0 Å². The summed E-state index contributed by atoms with van der Waals surface area (Å²) in [5.74, 6) is -1.61. The lowest BCUT2D eigenvalue weighted by atomic mass is 10.2. The number of anilines is 1. The number of carbonyl (C=O) groups excluding carboxylic acids is 2. The summed E-state index contributed by atoms with van der Waals surface area (Å²) >= 11 is 11.6. The highest BCUT2D eigenvalue weighted by Crippen LogP contribution is 2.19. The Morgan fingerprint density at radius 3 is 2.32 bits per heavy atom. The Morgan fingerprint density at radius 1 is 1.05 bits per heavy atom. The summed E-state index contributed by atoms with van der Waals surface area (Å²) in [5.41, 5.74) is 0.281. The molecule has 2 N–H and O–H groups in total. The molecule has 0 unspecified atom stereocenters. The summed E-state index contributed by atoms with van der Waals surface area (Å²) in [6.45, 7) is -0.308. The van der Waals surface area contributed by atoms with Crippen molar-refractivity contribution in [2.45, 2.75) is 0 Å². The Morgan fingerprint density at radius 2 is 1.68 bits per heavy atom. The number of halogens is 3. The van der Waals surface area contributed by atoms with Crippen molar-refractivity contribution in [3.63, 3.8) is 0 Å². The van der Waals surface area contributed by atoms with E-state index in [1.54, 1.807) is 6.07 Å². The molecule has 0 saturated heterocycles. The van der Waals surface area contributed by atoms with Gasteiger partial charge in [-0.1, -0.05) is 35.3 Å². The monoisotopic (exact) mass is 340 g/mol. The summed E-state index contributed by atoms with van der Waals surface area (Å²) in [6.07, 6.45) is 0. The predicted octanol–water partition coefficient (Wildman–Crippen LogP) is 3.50. The first kappa shape index (κ1) is 16.3. The van der Waals surface area contributed by atoms with Crippen molar-refractivity contribution in [3.8, 4) is 0 Å². The van der Waals surface area contributed by atoms with E-state index >= 15 is 0 Å². The van der Waals surface area contributed by atoms with Gasteiger partial charge in [0.05, 0.1) is 12.2 Å². The Kier molecular flexibility index (Phi) is 5.35. The molecule has 2 rings (SSSR count). The van der Waals surface area contributed by atoms with Crippen molar-refractivity contribution in [1.82, 2.24) is 5.32 Å². The van der Waals surface area contributed by atoms with E-state index in [0.717, 1.165) is 0 Å². The minimum Gasteiger partial charge on any atom is -0.343 e. The van der Waals surface area contributed by atoms with E-state index in [1.807, 2.05) is 0 Å². The molecule has 0 radical (unpaired) electrons. The van der Waals surface area contributed by atoms with Crippen LogP contribution in [0.1, 0.15) is 10.4 Å².